The number of benzene rings is 2. The van der Waals surface area contributed by atoms with Crippen molar-refractivity contribution in [2.75, 3.05) is 0 Å². The maximum absolute atomic E-state index is 13.2. The number of hydrogen-bond donors (Lipinski definition) is 1. The maximum Gasteiger partial charge on any atom is 0.183 e. The average Bonchev–Trinajstić information content (AvgIpc) is 3.13. The molecule has 130 valence electrons. The van der Waals surface area contributed by atoms with Crippen molar-refractivity contribution in [1.82, 2.24) is 25.4 Å². The number of halogens is 2. The Kier molecular flexibility index (Phi) is 4.37. The minimum absolute atomic E-state index is 0.253. The van der Waals surface area contributed by atoms with Gasteiger partial charge in [-0.05, 0) is 51.9 Å². The molecule has 0 saturated carbocycles. The summed E-state index contributed by atoms with van der Waals surface area (Å²) in [6.07, 6.45) is 1.81. The van der Waals surface area contributed by atoms with Crippen LogP contribution in [0, 0.1) is 11.6 Å². The molecule has 2 aromatic carbocycles. The lowest BCUT2D eigenvalue weighted by Crippen LogP contribution is -2.14. The van der Waals surface area contributed by atoms with Crippen LogP contribution in [0.1, 0.15) is 11.1 Å². The Balaban J connectivity index is 1.58. The Bertz CT molecular complexity index is 1030. The van der Waals surface area contributed by atoms with Gasteiger partial charge in [0.1, 0.15) is 11.6 Å². The van der Waals surface area contributed by atoms with Gasteiger partial charge in [0, 0.05) is 30.4 Å². The molecule has 0 saturated heterocycles. The SMILES string of the molecule is Fc1ccc(CNCc2cc(-c3ccc(F)cc3)cn3nnnc23)cc1. The third-order valence-corrected chi connectivity index (χ3v) is 4.11. The molecule has 0 spiro atoms. The van der Waals surface area contributed by atoms with Gasteiger partial charge in [0.15, 0.2) is 5.65 Å². The van der Waals surface area contributed by atoms with Crippen molar-refractivity contribution in [1.29, 1.82) is 0 Å². The second-order valence-electron chi connectivity index (χ2n) is 5.94. The molecule has 4 aromatic rings. The molecule has 1 N–H and O–H groups in total. The van der Waals surface area contributed by atoms with Gasteiger partial charge < -0.3 is 5.32 Å². The third-order valence-electron chi connectivity index (χ3n) is 4.11. The van der Waals surface area contributed by atoms with E-state index in [0.29, 0.717) is 18.7 Å². The highest BCUT2D eigenvalue weighted by Gasteiger charge is 2.09. The van der Waals surface area contributed by atoms with Crippen LogP contribution in [0.2, 0.25) is 0 Å². The topological polar surface area (TPSA) is 55.1 Å². The van der Waals surface area contributed by atoms with Crippen molar-refractivity contribution in [2.24, 2.45) is 0 Å². The summed E-state index contributed by atoms with van der Waals surface area (Å²) in [4.78, 5) is 0. The first kappa shape index (κ1) is 16.3. The van der Waals surface area contributed by atoms with Crippen molar-refractivity contribution in [2.45, 2.75) is 13.1 Å². The van der Waals surface area contributed by atoms with E-state index in [1.54, 1.807) is 28.8 Å². The van der Waals surface area contributed by atoms with E-state index in [-0.39, 0.29) is 11.6 Å². The van der Waals surface area contributed by atoms with Gasteiger partial charge in [0.25, 0.3) is 0 Å². The lowest BCUT2D eigenvalue weighted by molar-refractivity contribution is 0.625. The number of nitrogens with zero attached hydrogens (tertiary/aromatic N) is 4. The van der Waals surface area contributed by atoms with Crippen molar-refractivity contribution < 1.29 is 8.78 Å². The smallest absolute Gasteiger partial charge is 0.183 e. The molecule has 0 unspecified atom stereocenters. The van der Waals surface area contributed by atoms with E-state index in [1.807, 2.05) is 12.3 Å². The Morgan fingerprint density at radius 3 is 2.27 bits per heavy atom. The minimum atomic E-state index is -0.279. The van der Waals surface area contributed by atoms with Crippen LogP contribution in [0.15, 0.2) is 60.8 Å². The van der Waals surface area contributed by atoms with Crippen molar-refractivity contribution in [3.8, 4) is 11.1 Å². The van der Waals surface area contributed by atoms with Gasteiger partial charge in [-0.15, -0.1) is 5.10 Å². The van der Waals surface area contributed by atoms with Crippen LogP contribution in [0.25, 0.3) is 16.8 Å². The first-order chi connectivity index (χ1) is 12.7. The molecule has 0 aliphatic rings. The van der Waals surface area contributed by atoms with Crippen molar-refractivity contribution in [3.05, 3.63) is 83.6 Å². The molecule has 4 rings (SSSR count). The summed E-state index contributed by atoms with van der Waals surface area (Å²) in [6, 6.07) is 14.6. The van der Waals surface area contributed by atoms with Crippen LogP contribution < -0.4 is 5.32 Å². The largest absolute Gasteiger partial charge is 0.308 e. The number of aromatic nitrogens is 4. The van der Waals surface area contributed by atoms with Crippen LogP contribution in [-0.4, -0.2) is 20.0 Å². The predicted molar refractivity (Wildman–Crippen MR) is 93.1 cm³/mol. The number of tetrazole rings is 1. The molecule has 2 aromatic heterocycles. The molecule has 0 aliphatic heterocycles. The molecule has 0 bridgehead atoms. The monoisotopic (exact) mass is 351 g/mol. The van der Waals surface area contributed by atoms with Gasteiger partial charge >= 0.3 is 0 Å². The highest BCUT2D eigenvalue weighted by atomic mass is 19.1. The fourth-order valence-electron chi connectivity index (χ4n) is 2.79. The normalized spacial score (nSPS) is 11.2. The van der Waals surface area contributed by atoms with Crippen LogP contribution in [-0.2, 0) is 13.1 Å². The van der Waals surface area contributed by atoms with Crippen molar-refractivity contribution in [3.63, 3.8) is 0 Å². The molecule has 0 atom stereocenters. The van der Waals surface area contributed by atoms with E-state index >= 15 is 0 Å². The molecule has 26 heavy (non-hydrogen) atoms. The van der Waals surface area contributed by atoms with E-state index in [1.165, 1.54) is 24.3 Å². The van der Waals surface area contributed by atoms with E-state index < -0.39 is 0 Å². The summed E-state index contributed by atoms with van der Waals surface area (Å²) in [5.74, 6) is -0.532. The molecule has 0 aliphatic carbocycles. The summed E-state index contributed by atoms with van der Waals surface area (Å²) in [5, 5.41) is 15.1. The Labute approximate surface area is 148 Å². The number of hydrogen-bond acceptors (Lipinski definition) is 4. The summed E-state index contributed by atoms with van der Waals surface area (Å²) in [5.41, 5.74) is 4.32. The van der Waals surface area contributed by atoms with Crippen molar-refractivity contribution >= 4 is 5.65 Å². The summed E-state index contributed by atoms with van der Waals surface area (Å²) < 4.78 is 27.7. The molecule has 5 nitrogen and oxygen atoms in total. The van der Waals surface area contributed by atoms with Crippen LogP contribution in [0.4, 0.5) is 8.78 Å². The van der Waals surface area contributed by atoms with Gasteiger partial charge in [-0.2, -0.15) is 4.52 Å². The zero-order chi connectivity index (χ0) is 17.9. The van der Waals surface area contributed by atoms with Crippen LogP contribution in [0.5, 0.6) is 0 Å². The summed E-state index contributed by atoms with van der Waals surface area (Å²) in [6.45, 7) is 1.13. The third kappa shape index (κ3) is 3.43. The summed E-state index contributed by atoms with van der Waals surface area (Å²) >= 11 is 0. The Morgan fingerprint density at radius 1 is 0.846 bits per heavy atom. The zero-order valence-electron chi connectivity index (χ0n) is 13.7. The Hall–Kier alpha value is -3.19. The molecular formula is C19H15F2N5. The Morgan fingerprint density at radius 2 is 1.54 bits per heavy atom. The van der Waals surface area contributed by atoms with E-state index in [9.17, 15) is 8.78 Å². The first-order valence-electron chi connectivity index (χ1n) is 8.11. The molecule has 0 fully saturated rings. The highest BCUT2D eigenvalue weighted by molar-refractivity contribution is 5.66. The standard InChI is InChI=1S/C19H15F2N5/c20-17-5-1-13(2-6-17)10-22-11-15-9-16(12-26-19(15)23-24-25-26)14-3-7-18(21)8-4-14/h1-9,12,22H,10-11H2. The molecule has 0 amide bonds. The fourth-order valence-corrected chi connectivity index (χ4v) is 2.79. The zero-order valence-corrected chi connectivity index (χ0v) is 13.7. The minimum Gasteiger partial charge on any atom is -0.308 e. The lowest BCUT2D eigenvalue weighted by atomic mass is 10.1. The van der Waals surface area contributed by atoms with Gasteiger partial charge in [0.2, 0.25) is 0 Å². The molecular weight excluding hydrogens is 336 g/mol. The van der Waals surface area contributed by atoms with Gasteiger partial charge in [-0.25, -0.2) is 8.78 Å². The number of pyridine rings is 1. The fraction of sp³-hybridized carbons (Fsp3) is 0.105. The quantitative estimate of drug-likeness (QED) is 0.599. The molecule has 0 radical (unpaired) electrons. The maximum atomic E-state index is 13.2. The van der Waals surface area contributed by atoms with Gasteiger partial charge in [-0.1, -0.05) is 24.3 Å². The lowest BCUT2D eigenvalue weighted by Gasteiger charge is -2.09. The van der Waals surface area contributed by atoms with E-state index in [2.05, 4.69) is 20.8 Å². The summed E-state index contributed by atoms with van der Waals surface area (Å²) in [7, 11) is 0. The second kappa shape index (κ2) is 6.97. The highest BCUT2D eigenvalue weighted by Crippen LogP contribution is 2.22. The molecule has 2 heterocycles. The van der Waals surface area contributed by atoms with Gasteiger partial charge in [-0.3, -0.25) is 0 Å². The average molecular weight is 351 g/mol. The predicted octanol–water partition coefficient (Wildman–Crippen LogP) is 3.36. The van der Waals surface area contributed by atoms with Gasteiger partial charge in [0.05, 0.1) is 0 Å². The van der Waals surface area contributed by atoms with Crippen LogP contribution in [0.3, 0.4) is 0 Å². The van der Waals surface area contributed by atoms with Crippen LogP contribution >= 0.6 is 0 Å². The number of nitrogens with one attached hydrogen (secondary N) is 1. The first-order valence-corrected chi connectivity index (χ1v) is 8.11. The molecule has 7 heteroatoms. The number of rotatable bonds is 5. The van der Waals surface area contributed by atoms with E-state index in [4.69, 9.17) is 0 Å². The van der Waals surface area contributed by atoms with E-state index in [0.717, 1.165) is 22.3 Å². The number of fused-ring (bicyclic) bond motifs is 1. The second-order valence-corrected chi connectivity index (χ2v) is 5.94.